The molecule has 0 spiro atoms. The lowest BCUT2D eigenvalue weighted by molar-refractivity contribution is 0.209. The van der Waals surface area contributed by atoms with Gasteiger partial charge >= 0.3 is 0 Å². The van der Waals surface area contributed by atoms with Crippen LogP contribution < -0.4 is 19.5 Å². The molecule has 5 heteroatoms. The fourth-order valence-corrected chi connectivity index (χ4v) is 2.94. The third-order valence-corrected chi connectivity index (χ3v) is 4.30. The summed E-state index contributed by atoms with van der Waals surface area (Å²) in [6, 6.07) is 9.70. The summed E-state index contributed by atoms with van der Waals surface area (Å²) in [5.74, 6) is 3.23. The van der Waals surface area contributed by atoms with Crippen molar-refractivity contribution in [1.29, 1.82) is 0 Å². The minimum atomic E-state index is 0.356. The minimum Gasteiger partial charge on any atom is -0.497 e. The number of benzene rings is 1. The molecule has 1 aliphatic carbocycles. The van der Waals surface area contributed by atoms with Gasteiger partial charge in [0.15, 0.2) is 0 Å². The number of hydrogen-bond acceptors (Lipinski definition) is 5. The molecule has 1 heterocycles. The summed E-state index contributed by atoms with van der Waals surface area (Å²) in [6.07, 6.45) is 6.97. The van der Waals surface area contributed by atoms with E-state index in [1.165, 1.54) is 12.8 Å². The molecule has 0 saturated heterocycles. The number of hydrogen-bond donors (Lipinski definition) is 1. The third kappa shape index (κ3) is 4.10. The van der Waals surface area contributed by atoms with Crippen molar-refractivity contribution in [2.24, 2.45) is 0 Å². The average Bonchev–Trinajstić information content (AvgIpc) is 3.14. The van der Waals surface area contributed by atoms with Gasteiger partial charge in [0.25, 0.3) is 0 Å². The topological polar surface area (TPSA) is 52.6 Å². The molecule has 0 unspecified atom stereocenters. The molecule has 1 aromatic carbocycles. The fourth-order valence-electron chi connectivity index (χ4n) is 2.94. The quantitative estimate of drug-likeness (QED) is 0.831. The molecule has 5 nitrogen and oxygen atoms in total. The molecule has 2 aromatic rings. The van der Waals surface area contributed by atoms with Gasteiger partial charge in [-0.25, -0.2) is 4.98 Å². The number of ether oxygens (including phenoxy) is 3. The Labute approximate surface area is 143 Å². The molecule has 3 rings (SSSR count). The minimum absolute atomic E-state index is 0.356. The number of methoxy groups -OCH3 is 2. The lowest BCUT2D eigenvalue weighted by Crippen LogP contribution is -2.11. The summed E-state index contributed by atoms with van der Waals surface area (Å²) in [5, 5.41) is 3.31. The molecule has 0 aliphatic heterocycles. The van der Waals surface area contributed by atoms with E-state index >= 15 is 0 Å². The highest BCUT2D eigenvalue weighted by Gasteiger charge is 2.16. The molecule has 1 aromatic heterocycles. The number of pyridine rings is 1. The number of anilines is 1. The molecule has 24 heavy (non-hydrogen) atoms. The summed E-state index contributed by atoms with van der Waals surface area (Å²) >= 11 is 0. The van der Waals surface area contributed by atoms with Crippen molar-refractivity contribution in [3.63, 3.8) is 0 Å². The Morgan fingerprint density at radius 3 is 2.50 bits per heavy atom. The Kier molecular flexibility index (Phi) is 5.41. The summed E-state index contributed by atoms with van der Waals surface area (Å²) in [6.45, 7) is 0.628. The van der Waals surface area contributed by atoms with E-state index in [4.69, 9.17) is 14.2 Å². The van der Waals surface area contributed by atoms with Gasteiger partial charge < -0.3 is 19.5 Å². The van der Waals surface area contributed by atoms with Gasteiger partial charge in [-0.1, -0.05) is 0 Å². The first-order valence-corrected chi connectivity index (χ1v) is 8.36. The molecule has 0 bridgehead atoms. The van der Waals surface area contributed by atoms with E-state index in [2.05, 4.69) is 10.3 Å². The van der Waals surface area contributed by atoms with Crippen LogP contribution in [-0.4, -0.2) is 25.3 Å². The molecule has 1 aliphatic rings. The monoisotopic (exact) mass is 328 g/mol. The number of rotatable bonds is 7. The van der Waals surface area contributed by atoms with Crippen molar-refractivity contribution in [3.05, 3.63) is 42.1 Å². The van der Waals surface area contributed by atoms with Crippen molar-refractivity contribution >= 4 is 5.82 Å². The van der Waals surface area contributed by atoms with E-state index in [1.54, 1.807) is 20.4 Å². The lowest BCUT2D eigenvalue weighted by atomic mass is 10.2. The van der Waals surface area contributed by atoms with Gasteiger partial charge in [-0.2, -0.15) is 0 Å². The zero-order valence-electron chi connectivity index (χ0n) is 14.2. The van der Waals surface area contributed by atoms with Gasteiger partial charge in [-0.05, 0) is 49.9 Å². The van der Waals surface area contributed by atoms with Crippen molar-refractivity contribution in [2.45, 2.75) is 38.3 Å². The van der Waals surface area contributed by atoms with Crippen LogP contribution in [0.15, 0.2) is 36.5 Å². The molecule has 128 valence electrons. The van der Waals surface area contributed by atoms with Crippen molar-refractivity contribution in [2.75, 3.05) is 19.5 Å². The SMILES string of the molecule is COc1ccc(CNc2ccc(OC3CCCC3)cn2)c(OC)c1. The number of nitrogens with zero attached hydrogens (tertiary/aromatic N) is 1. The first kappa shape index (κ1) is 16.4. The maximum Gasteiger partial charge on any atom is 0.138 e. The maximum absolute atomic E-state index is 5.93. The van der Waals surface area contributed by atoms with Gasteiger partial charge in [-0.15, -0.1) is 0 Å². The van der Waals surface area contributed by atoms with Gasteiger partial charge in [0.1, 0.15) is 23.1 Å². The second-order valence-electron chi connectivity index (χ2n) is 5.93. The molecule has 0 radical (unpaired) electrons. The molecular formula is C19H24N2O3. The van der Waals surface area contributed by atoms with Crippen LogP contribution in [0.25, 0.3) is 0 Å². The van der Waals surface area contributed by atoms with Crippen LogP contribution in [-0.2, 0) is 6.54 Å². The average molecular weight is 328 g/mol. The van der Waals surface area contributed by atoms with E-state index in [0.717, 1.165) is 41.5 Å². The molecular weight excluding hydrogens is 304 g/mol. The standard InChI is InChI=1S/C19H24N2O3/c1-22-16-8-7-14(18(11-16)23-2)12-20-19-10-9-17(13-21-19)24-15-5-3-4-6-15/h7-11,13,15H,3-6,12H2,1-2H3,(H,20,21). The van der Waals surface area contributed by atoms with Crippen LogP contribution in [0.3, 0.4) is 0 Å². The molecule has 1 fully saturated rings. The van der Waals surface area contributed by atoms with E-state index in [-0.39, 0.29) is 0 Å². The van der Waals surface area contributed by atoms with Crippen LogP contribution in [0.4, 0.5) is 5.82 Å². The van der Waals surface area contributed by atoms with Gasteiger partial charge in [-0.3, -0.25) is 0 Å². The highest BCUT2D eigenvalue weighted by atomic mass is 16.5. The predicted molar refractivity (Wildman–Crippen MR) is 94.0 cm³/mol. The number of nitrogens with one attached hydrogen (secondary N) is 1. The maximum atomic E-state index is 5.93. The molecule has 1 N–H and O–H groups in total. The second kappa shape index (κ2) is 7.90. The van der Waals surface area contributed by atoms with Crippen molar-refractivity contribution < 1.29 is 14.2 Å². The fraction of sp³-hybridized carbons (Fsp3) is 0.421. The molecule has 0 atom stereocenters. The molecule has 1 saturated carbocycles. The Balaban J connectivity index is 1.58. The smallest absolute Gasteiger partial charge is 0.138 e. The normalized spacial score (nSPS) is 14.4. The van der Waals surface area contributed by atoms with E-state index < -0.39 is 0 Å². The Morgan fingerprint density at radius 1 is 1.04 bits per heavy atom. The predicted octanol–water partition coefficient (Wildman–Crippen LogP) is 4.03. The zero-order valence-corrected chi connectivity index (χ0v) is 14.2. The summed E-state index contributed by atoms with van der Waals surface area (Å²) in [5.41, 5.74) is 1.05. The highest BCUT2D eigenvalue weighted by molar-refractivity contribution is 5.44. The summed E-state index contributed by atoms with van der Waals surface area (Å²) in [7, 11) is 3.30. The van der Waals surface area contributed by atoms with Gasteiger partial charge in [0, 0.05) is 18.2 Å². The van der Waals surface area contributed by atoms with Crippen molar-refractivity contribution in [3.8, 4) is 17.2 Å². The van der Waals surface area contributed by atoms with E-state index in [9.17, 15) is 0 Å². The van der Waals surface area contributed by atoms with Crippen LogP contribution in [0.5, 0.6) is 17.2 Å². The second-order valence-corrected chi connectivity index (χ2v) is 5.93. The van der Waals surface area contributed by atoms with Crippen molar-refractivity contribution in [1.82, 2.24) is 4.98 Å². The Hall–Kier alpha value is -2.43. The molecule has 0 amide bonds. The largest absolute Gasteiger partial charge is 0.497 e. The third-order valence-electron chi connectivity index (χ3n) is 4.30. The van der Waals surface area contributed by atoms with Gasteiger partial charge in [0.05, 0.1) is 26.5 Å². The van der Waals surface area contributed by atoms with Crippen LogP contribution in [0, 0.1) is 0 Å². The first-order chi connectivity index (χ1) is 11.8. The van der Waals surface area contributed by atoms with E-state index in [1.807, 2.05) is 30.3 Å². The van der Waals surface area contributed by atoms with Crippen LogP contribution in [0.1, 0.15) is 31.2 Å². The zero-order chi connectivity index (χ0) is 16.8. The lowest BCUT2D eigenvalue weighted by Gasteiger charge is -2.14. The van der Waals surface area contributed by atoms with Gasteiger partial charge in [0.2, 0.25) is 0 Å². The number of aromatic nitrogens is 1. The summed E-state index contributed by atoms with van der Waals surface area (Å²) < 4.78 is 16.6. The van der Waals surface area contributed by atoms with Crippen LogP contribution >= 0.6 is 0 Å². The first-order valence-electron chi connectivity index (χ1n) is 8.36. The Morgan fingerprint density at radius 2 is 1.83 bits per heavy atom. The summed E-state index contributed by atoms with van der Waals surface area (Å²) in [4.78, 5) is 4.42. The van der Waals surface area contributed by atoms with E-state index in [0.29, 0.717) is 12.6 Å². The Bertz CT molecular complexity index is 652. The van der Waals surface area contributed by atoms with Crippen LogP contribution in [0.2, 0.25) is 0 Å². The highest BCUT2D eigenvalue weighted by Crippen LogP contribution is 2.26.